The van der Waals surface area contributed by atoms with E-state index in [-0.39, 0.29) is 97.8 Å². The van der Waals surface area contributed by atoms with Gasteiger partial charge in [0.25, 0.3) is 31.2 Å². The topological polar surface area (TPSA) is 424 Å². The Labute approximate surface area is 455 Å². The highest BCUT2D eigenvalue weighted by atomic mass is 32.2. The summed E-state index contributed by atoms with van der Waals surface area (Å²) in [5.41, 5.74) is 0.888. The van der Waals surface area contributed by atoms with Crippen molar-refractivity contribution in [2.24, 2.45) is 0 Å². The number of carbonyl (C=O) groups is 3. The third-order valence-electron chi connectivity index (χ3n) is 10.0. The van der Waals surface area contributed by atoms with E-state index in [1.54, 1.807) is 19.1 Å². The lowest BCUT2D eigenvalue weighted by molar-refractivity contribution is -0.763. The van der Waals surface area contributed by atoms with E-state index in [0.29, 0.717) is 9.87 Å². The molecule has 0 saturated carbocycles. The van der Waals surface area contributed by atoms with E-state index < -0.39 is 99.5 Å². The van der Waals surface area contributed by atoms with Crippen LogP contribution in [0.5, 0.6) is 28.9 Å². The SMILES string of the molecule is COc1ccccc1Oc1c(OCCOC(=O)Oc2cccc(CO[N+](=O)[O-])c2)nc(-c2ccnc(-c3nnnn3COC(=O)OCCCCO[N+](=O)[O-])c2)nc1N(COC(=O)OCCCCO[N+](=O)[O-])S(=O)(=O)c1ccc(C)cn1. The van der Waals surface area contributed by atoms with Crippen molar-refractivity contribution < 1.29 is 95.2 Å². The van der Waals surface area contributed by atoms with Gasteiger partial charge in [-0.05, 0) is 96.6 Å². The predicted molar refractivity (Wildman–Crippen MR) is 264 cm³/mol. The van der Waals surface area contributed by atoms with Gasteiger partial charge >= 0.3 is 18.5 Å². The minimum atomic E-state index is -5.01. The quantitative estimate of drug-likeness (QED) is 0.00971. The predicted octanol–water partition coefficient (Wildman–Crippen LogP) is 5.39. The lowest BCUT2D eigenvalue weighted by atomic mass is 10.2. The van der Waals surface area contributed by atoms with Crippen LogP contribution in [-0.4, -0.2) is 136 Å². The van der Waals surface area contributed by atoms with Gasteiger partial charge in [0.1, 0.15) is 31.3 Å². The van der Waals surface area contributed by atoms with Crippen LogP contribution in [0.3, 0.4) is 0 Å². The molecule has 4 aromatic heterocycles. The van der Waals surface area contributed by atoms with E-state index in [2.05, 4.69) is 50.0 Å². The van der Waals surface area contributed by atoms with Crippen LogP contribution in [0.1, 0.15) is 36.8 Å². The molecule has 0 aliphatic rings. The first-order chi connectivity index (χ1) is 39.0. The molecule has 6 rings (SSSR count). The highest BCUT2D eigenvalue weighted by Gasteiger charge is 2.35. The van der Waals surface area contributed by atoms with Gasteiger partial charge in [0.05, 0.1) is 33.5 Å². The second kappa shape index (κ2) is 29.8. The standard InChI is InChI=1S/C45H46N12O23S/c1-30-14-15-37(47-26-30)81(67,68)54(29-75-44(59)72-19-6-8-21-77-56(63)64)41-38(80-36-13-4-3-12-35(36)69-2)42(70-22-23-73-45(60)79-33-11-9-10-31(24-33)27-78-57(65)66)49-39(48-41)32-16-17-46-34(25-32)40-50-51-52-53(40)28-74-43(58)71-18-5-7-20-76-55(61)62/h3-4,9-17,24-26H,5-8,18-23,27-29H2,1-2H3. The van der Waals surface area contributed by atoms with E-state index in [0.717, 1.165) is 10.7 Å². The third-order valence-corrected chi connectivity index (χ3v) is 11.7. The van der Waals surface area contributed by atoms with Gasteiger partial charge in [-0.15, -0.1) is 35.4 Å². The molecule has 0 amide bonds. The number of sulfonamides is 1. The Hall–Kier alpha value is -10.5. The maximum Gasteiger partial charge on any atom is 0.513 e. The molecule has 0 unspecified atom stereocenters. The van der Waals surface area contributed by atoms with Crippen molar-refractivity contribution in [2.75, 3.05) is 57.8 Å². The number of hydrogen-bond acceptors (Lipinski definition) is 30. The number of hydrogen-bond donors (Lipinski definition) is 0. The molecular formula is C45H46N12O23S. The van der Waals surface area contributed by atoms with Crippen LogP contribution in [0.2, 0.25) is 0 Å². The first-order valence-electron chi connectivity index (χ1n) is 23.4. The van der Waals surface area contributed by atoms with Gasteiger partial charge in [-0.25, -0.2) is 28.7 Å². The summed E-state index contributed by atoms with van der Waals surface area (Å²) in [7, 11) is -3.69. The summed E-state index contributed by atoms with van der Waals surface area (Å²) >= 11 is 0. The summed E-state index contributed by atoms with van der Waals surface area (Å²) in [6.07, 6.45) is -0.666. The number of tetrazole rings is 1. The van der Waals surface area contributed by atoms with Crippen molar-refractivity contribution in [3.05, 3.63) is 127 Å². The van der Waals surface area contributed by atoms with Gasteiger partial charge in [0.15, 0.2) is 41.6 Å². The number of aromatic nitrogens is 8. The summed E-state index contributed by atoms with van der Waals surface area (Å²) < 4.78 is 80.5. The molecular weight excluding hydrogens is 1110 g/mol. The molecule has 36 heteroatoms. The van der Waals surface area contributed by atoms with Crippen molar-refractivity contribution in [3.63, 3.8) is 0 Å². The molecule has 4 heterocycles. The molecule has 430 valence electrons. The number of ether oxygens (including phenoxy) is 9. The summed E-state index contributed by atoms with van der Waals surface area (Å²) in [5, 5.41) is 39.6. The van der Waals surface area contributed by atoms with Gasteiger partial charge in [-0.1, -0.05) is 30.3 Å². The molecule has 0 aliphatic heterocycles. The zero-order valence-electron chi connectivity index (χ0n) is 42.4. The van der Waals surface area contributed by atoms with E-state index in [4.69, 9.17) is 42.6 Å². The van der Waals surface area contributed by atoms with Crippen LogP contribution >= 0.6 is 0 Å². The Bertz CT molecular complexity index is 3250. The van der Waals surface area contributed by atoms with E-state index in [1.165, 1.54) is 74.1 Å². The lowest BCUT2D eigenvalue weighted by Crippen LogP contribution is -2.36. The third kappa shape index (κ3) is 18.6. The van der Waals surface area contributed by atoms with Gasteiger partial charge < -0.3 is 57.1 Å². The zero-order valence-corrected chi connectivity index (χ0v) is 43.3. The maximum atomic E-state index is 14.9. The number of pyridine rings is 2. The van der Waals surface area contributed by atoms with E-state index in [9.17, 15) is 53.1 Å². The minimum Gasteiger partial charge on any atom is -0.493 e. The van der Waals surface area contributed by atoms with Crippen molar-refractivity contribution in [3.8, 4) is 51.8 Å². The van der Waals surface area contributed by atoms with Crippen LogP contribution in [-0.2, 0) is 61.6 Å². The fourth-order valence-electron chi connectivity index (χ4n) is 6.37. The average molecular weight is 1150 g/mol. The minimum absolute atomic E-state index is 0.00524. The molecule has 81 heavy (non-hydrogen) atoms. The van der Waals surface area contributed by atoms with Crippen LogP contribution in [0.15, 0.2) is 90.2 Å². The number of rotatable bonds is 32. The smallest absolute Gasteiger partial charge is 0.493 e. The van der Waals surface area contributed by atoms with Crippen LogP contribution in [0.4, 0.5) is 20.2 Å². The molecule has 0 N–H and O–H groups in total. The number of methoxy groups -OCH3 is 1. The van der Waals surface area contributed by atoms with E-state index in [1.807, 2.05) is 0 Å². The van der Waals surface area contributed by atoms with Crippen molar-refractivity contribution >= 4 is 34.3 Å². The summed E-state index contributed by atoms with van der Waals surface area (Å²) in [6, 6.07) is 17.0. The summed E-state index contributed by atoms with van der Waals surface area (Å²) in [4.78, 5) is 101. The maximum absolute atomic E-state index is 14.9. The number of unbranched alkanes of at least 4 members (excludes halogenated alkanes) is 2. The molecule has 0 spiro atoms. The number of carbonyl (C=O) groups excluding carboxylic acids is 3. The monoisotopic (exact) mass is 1150 g/mol. The van der Waals surface area contributed by atoms with Gasteiger partial charge in [0.2, 0.25) is 11.6 Å². The second-order valence-electron chi connectivity index (χ2n) is 15.7. The molecule has 0 fully saturated rings. The Morgan fingerprint density at radius 3 is 2.06 bits per heavy atom. The summed E-state index contributed by atoms with van der Waals surface area (Å²) in [6.45, 7) is -2.76. The highest BCUT2D eigenvalue weighted by molar-refractivity contribution is 7.92. The molecule has 0 saturated heterocycles. The first-order valence-corrected chi connectivity index (χ1v) is 24.8. The van der Waals surface area contributed by atoms with Gasteiger partial charge in [-0.3, -0.25) is 4.98 Å². The van der Waals surface area contributed by atoms with E-state index >= 15 is 0 Å². The second-order valence-corrected chi connectivity index (χ2v) is 17.5. The Morgan fingerprint density at radius 2 is 1.38 bits per heavy atom. The normalized spacial score (nSPS) is 10.8. The Balaban J connectivity index is 1.39. The van der Waals surface area contributed by atoms with Crippen LogP contribution in [0, 0.1) is 37.3 Å². The van der Waals surface area contributed by atoms with Crippen molar-refractivity contribution in [1.29, 1.82) is 0 Å². The zero-order chi connectivity index (χ0) is 58.2. The molecule has 0 bridgehead atoms. The van der Waals surface area contributed by atoms with Crippen LogP contribution in [0.25, 0.3) is 22.9 Å². The van der Waals surface area contributed by atoms with Crippen molar-refractivity contribution in [1.82, 2.24) is 40.1 Å². The van der Waals surface area contributed by atoms with Crippen molar-refractivity contribution in [2.45, 2.75) is 51.0 Å². The highest BCUT2D eigenvalue weighted by Crippen LogP contribution is 2.44. The first kappa shape index (κ1) is 59.7. The molecule has 6 aromatic rings. The van der Waals surface area contributed by atoms with Crippen LogP contribution < -0.4 is 23.3 Å². The number of nitrogens with zero attached hydrogens (tertiary/aromatic N) is 12. The fraction of sp³-hybridized carbons (Fsp3) is 0.333. The molecule has 0 atom stereocenters. The van der Waals surface area contributed by atoms with Gasteiger partial charge in [0, 0.05) is 18.0 Å². The number of para-hydroxylation sites is 2. The molecule has 0 radical (unpaired) electrons. The summed E-state index contributed by atoms with van der Waals surface area (Å²) in [5.74, 6) is -2.28. The molecule has 2 aromatic carbocycles. The largest absolute Gasteiger partial charge is 0.513 e. The molecule has 35 nitrogen and oxygen atoms in total. The fourth-order valence-corrected chi connectivity index (χ4v) is 7.56. The number of benzene rings is 2. The number of anilines is 1. The number of aryl methyl sites for hydroxylation is 1. The Kier molecular flexibility index (Phi) is 22.0. The molecule has 0 aliphatic carbocycles. The lowest BCUT2D eigenvalue weighted by Gasteiger charge is -2.26. The Morgan fingerprint density at radius 1 is 0.704 bits per heavy atom. The van der Waals surface area contributed by atoms with Gasteiger partial charge in [-0.2, -0.15) is 18.1 Å². The average Bonchev–Trinajstić information content (AvgIpc) is 4.00.